The molecule has 0 saturated carbocycles. The zero-order chi connectivity index (χ0) is 22.1. The zero-order valence-electron chi connectivity index (χ0n) is 18.5. The Morgan fingerprint density at radius 3 is 2.30 bits per heavy atom. The van der Waals surface area contributed by atoms with E-state index in [1.54, 1.807) is 5.12 Å². The predicted octanol–water partition coefficient (Wildman–Crippen LogP) is 7.06. The van der Waals surface area contributed by atoms with Crippen molar-refractivity contribution in [2.75, 3.05) is 5.12 Å². The molecule has 3 nitrogen and oxygen atoms in total. The van der Waals surface area contributed by atoms with Gasteiger partial charge in [-0.05, 0) is 70.1 Å². The van der Waals surface area contributed by atoms with Crippen LogP contribution in [0.4, 0.5) is 5.69 Å². The standard InChI is InChI=1S/C30H21N3/c1-18-12-14-24-25-15-13-21-17-20-8-6-7-11-23(20)29(28(21)25)30-27(26(24)16-18)19(2)31-33(32-30)22-9-4-3-5-10-22/h3-17H,1-2H3. The molecule has 0 spiro atoms. The van der Waals surface area contributed by atoms with Crippen LogP contribution in [0.3, 0.4) is 0 Å². The van der Waals surface area contributed by atoms with Crippen LogP contribution in [-0.4, -0.2) is 5.71 Å². The smallest absolute Gasteiger partial charge is 0.104 e. The summed E-state index contributed by atoms with van der Waals surface area (Å²) >= 11 is 0. The van der Waals surface area contributed by atoms with Crippen LogP contribution in [-0.2, 0) is 0 Å². The van der Waals surface area contributed by atoms with E-state index in [-0.39, 0.29) is 0 Å². The number of hydrogen-bond donors (Lipinski definition) is 0. The first-order valence-electron chi connectivity index (χ1n) is 11.3. The minimum Gasteiger partial charge on any atom is -0.155 e. The van der Waals surface area contributed by atoms with Crippen molar-refractivity contribution in [1.29, 1.82) is 0 Å². The maximum absolute atomic E-state index is 5.19. The molecule has 0 amide bonds. The van der Waals surface area contributed by atoms with Gasteiger partial charge in [0.1, 0.15) is 5.36 Å². The summed E-state index contributed by atoms with van der Waals surface area (Å²) in [5.74, 6) is 0. The van der Waals surface area contributed by atoms with Crippen LogP contribution >= 0.6 is 0 Å². The predicted molar refractivity (Wildman–Crippen MR) is 138 cm³/mol. The number of para-hydroxylation sites is 1. The fourth-order valence-electron chi connectivity index (χ4n) is 5.32. The molecule has 0 radical (unpaired) electrons. The van der Waals surface area contributed by atoms with Crippen LogP contribution in [0.5, 0.6) is 0 Å². The summed E-state index contributed by atoms with van der Waals surface area (Å²) in [4.78, 5) is 0. The maximum Gasteiger partial charge on any atom is 0.104 e. The molecule has 0 aromatic heterocycles. The Morgan fingerprint density at radius 2 is 1.42 bits per heavy atom. The largest absolute Gasteiger partial charge is 0.155 e. The van der Waals surface area contributed by atoms with Gasteiger partial charge in [-0.1, -0.05) is 78.4 Å². The van der Waals surface area contributed by atoms with Gasteiger partial charge in [0.05, 0.1) is 11.4 Å². The molecule has 1 aliphatic heterocycles. The Kier molecular flexibility index (Phi) is 3.68. The summed E-state index contributed by atoms with van der Waals surface area (Å²) < 4.78 is 0. The lowest BCUT2D eigenvalue weighted by Gasteiger charge is -2.19. The minimum absolute atomic E-state index is 0.955. The summed E-state index contributed by atoms with van der Waals surface area (Å²) in [5, 5.41) is 20.2. The number of nitrogens with zero attached hydrogens (tertiary/aromatic N) is 3. The Hall–Kier alpha value is -4.24. The molecule has 0 N–H and O–H groups in total. The average molecular weight is 424 g/mol. The molecule has 1 heterocycles. The number of rotatable bonds is 1. The molecule has 4 aromatic rings. The monoisotopic (exact) mass is 423 g/mol. The number of aryl methyl sites for hydroxylation is 1. The molecule has 3 aliphatic rings. The highest BCUT2D eigenvalue weighted by atomic mass is 15.7. The van der Waals surface area contributed by atoms with Crippen LogP contribution in [0.25, 0.3) is 43.4 Å². The first-order chi connectivity index (χ1) is 16.2. The fraction of sp³-hybridized carbons (Fsp3) is 0.0667. The third-order valence-corrected chi connectivity index (χ3v) is 6.78. The lowest BCUT2D eigenvalue weighted by molar-refractivity contribution is 0.878. The molecule has 2 aliphatic carbocycles. The van der Waals surface area contributed by atoms with Gasteiger partial charge >= 0.3 is 0 Å². The number of hydrazone groups is 1. The summed E-state index contributed by atoms with van der Waals surface area (Å²) in [7, 11) is 0. The SMILES string of the molecule is CC1=NN(c2ccccc2)N=c2c1c1cc(C)ccc1c1ccc3cc4ccccc4c2c3-1. The fourth-order valence-corrected chi connectivity index (χ4v) is 5.32. The van der Waals surface area contributed by atoms with Gasteiger partial charge in [-0.2, -0.15) is 10.2 Å². The van der Waals surface area contributed by atoms with E-state index in [1.165, 1.54) is 49.0 Å². The van der Waals surface area contributed by atoms with Crippen molar-refractivity contribution in [3.05, 3.63) is 107 Å². The van der Waals surface area contributed by atoms with Crippen LogP contribution < -0.4 is 10.5 Å². The highest BCUT2D eigenvalue weighted by Gasteiger charge is 2.24. The molecule has 7 rings (SSSR count). The van der Waals surface area contributed by atoms with E-state index in [1.807, 2.05) is 30.3 Å². The van der Waals surface area contributed by atoms with E-state index in [4.69, 9.17) is 10.2 Å². The van der Waals surface area contributed by atoms with E-state index in [2.05, 4.69) is 74.5 Å². The Bertz CT molecular complexity index is 1780. The van der Waals surface area contributed by atoms with Gasteiger partial charge in [-0.3, -0.25) is 0 Å². The summed E-state index contributed by atoms with van der Waals surface area (Å²) in [6, 6.07) is 32.4. The van der Waals surface area contributed by atoms with Crippen molar-refractivity contribution in [2.45, 2.75) is 13.8 Å². The number of benzene rings is 4. The van der Waals surface area contributed by atoms with Crippen molar-refractivity contribution in [3.8, 4) is 11.1 Å². The first kappa shape index (κ1) is 18.3. The van der Waals surface area contributed by atoms with Crippen LogP contribution in [0.15, 0.2) is 101 Å². The van der Waals surface area contributed by atoms with Crippen LogP contribution in [0.2, 0.25) is 0 Å². The summed E-state index contributed by atoms with van der Waals surface area (Å²) in [6.07, 6.45) is 0. The maximum atomic E-state index is 5.19. The van der Waals surface area contributed by atoms with Crippen molar-refractivity contribution in [2.24, 2.45) is 10.2 Å². The van der Waals surface area contributed by atoms with Gasteiger partial charge in [0, 0.05) is 10.9 Å². The van der Waals surface area contributed by atoms with Crippen molar-refractivity contribution in [1.82, 2.24) is 0 Å². The molecular formula is C30H21N3. The first-order valence-corrected chi connectivity index (χ1v) is 11.3. The second-order valence-corrected chi connectivity index (χ2v) is 8.87. The third-order valence-electron chi connectivity index (χ3n) is 6.78. The highest BCUT2D eigenvalue weighted by molar-refractivity contribution is 6.23. The number of anilines is 1. The summed E-state index contributed by atoms with van der Waals surface area (Å²) in [5.41, 5.74) is 6.82. The molecule has 0 atom stereocenters. The molecule has 0 bridgehead atoms. The number of fused-ring (bicyclic) bond motifs is 7. The third kappa shape index (κ3) is 2.56. The topological polar surface area (TPSA) is 28.0 Å². The zero-order valence-corrected chi connectivity index (χ0v) is 18.5. The van der Waals surface area contributed by atoms with E-state index in [0.29, 0.717) is 0 Å². The normalized spacial score (nSPS) is 13.5. The molecule has 33 heavy (non-hydrogen) atoms. The average Bonchev–Trinajstić information content (AvgIpc) is 3.20. The van der Waals surface area contributed by atoms with E-state index in [9.17, 15) is 0 Å². The second-order valence-electron chi connectivity index (χ2n) is 8.87. The van der Waals surface area contributed by atoms with Crippen molar-refractivity contribution in [3.63, 3.8) is 0 Å². The second kappa shape index (κ2) is 6.63. The molecular weight excluding hydrogens is 402 g/mol. The van der Waals surface area contributed by atoms with Gasteiger partial charge < -0.3 is 0 Å². The van der Waals surface area contributed by atoms with Crippen molar-refractivity contribution >= 4 is 43.7 Å². The van der Waals surface area contributed by atoms with Crippen LogP contribution in [0.1, 0.15) is 18.1 Å². The van der Waals surface area contributed by atoms with Gasteiger partial charge in [0.2, 0.25) is 0 Å². The highest BCUT2D eigenvalue weighted by Crippen LogP contribution is 2.42. The van der Waals surface area contributed by atoms with Crippen LogP contribution in [0, 0.1) is 6.92 Å². The minimum atomic E-state index is 0.955. The van der Waals surface area contributed by atoms with E-state index in [0.717, 1.165) is 22.3 Å². The van der Waals surface area contributed by atoms with Gasteiger partial charge in [-0.15, -0.1) is 5.10 Å². The molecule has 0 fully saturated rings. The Labute approximate surface area is 191 Å². The van der Waals surface area contributed by atoms with E-state index < -0.39 is 0 Å². The van der Waals surface area contributed by atoms with Gasteiger partial charge in [0.15, 0.2) is 0 Å². The van der Waals surface area contributed by atoms with Crippen molar-refractivity contribution < 1.29 is 0 Å². The Balaban J connectivity index is 1.79. The molecule has 0 unspecified atom stereocenters. The lowest BCUT2D eigenvalue weighted by atomic mass is 9.96. The lowest BCUT2D eigenvalue weighted by Crippen LogP contribution is -2.27. The Morgan fingerprint density at radius 1 is 0.606 bits per heavy atom. The van der Waals surface area contributed by atoms with Gasteiger partial charge in [-0.25, -0.2) is 0 Å². The van der Waals surface area contributed by atoms with Gasteiger partial charge in [0.25, 0.3) is 0 Å². The molecule has 156 valence electrons. The molecule has 3 heteroatoms. The molecule has 0 saturated heterocycles. The van der Waals surface area contributed by atoms with E-state index >= 15 is 0 Å². The molecule has 4 aromatic carbocycles. The summed E-state index contributed by atoms with van der Waals surface area (Å²) in [6.45, 7) is 4.25. The quantitative estimate of drug-likeness (QED) is 0.278. The number of hydrogen-bond acceptors (Lipinski definition) is 3.